The van der Waals surface area contributed by atoms with Crippen LogP contribution in [0.3, 0.4) is 0 Å². The first kappa shape index (κ1) is 18.0. The molecule has 1 N–H and O–H groups in total. The Morgan fingerprint density at radius 3 is 2.33 bits per heavy atom. The van der Waals surface area contributed by atoms with Gasteiger partial charge < -0.3 is 14.8 Å². The van der Waals surface area contributed by atoms with E-state index >= 15 is 0 Å². The van der Waals surface area contributed by atoms with Gasteiger partial charge in [0.15, 0.2) is 6.61 Å². The maximum Gasteiger partial charge on any atom is 0.343 e. The SMILES string of the molecule is COC(=O)COc1c(C)cc(CNC(C)c2ccccc2)cc1C. The Hall–Kier alpha value is -2.33. The summed E-state index contributed by atoms with van der Waals surface area (Å²) in [6, 6.07) is 14.8. The van der Waals surface area contributed by atoms with Gasteiger partial charge in [0.2, 0.25) is 0 Å². The van der Waals surface area contributed by atoms with Crippen LogP contribution in [0.5, 0.6) is 5.75 Å². The lowest BCUT2D eigenvalue weighted by molar-refractivity contribution is -0.142. The summed E-state index contributed by atoms with van der Waals surface area (Å²) in [5.74, 6) is 0.372. The number of ether oxygens (including phenoxy) is 2. The van der Waals surface area contributed by atoms with Crippen LogP contribution in [-0.4, -0.2) is 19.7 Å². The van der Waals surface area contributed by atoms with Crippen LogP contribution in [0, 0.1) is 13.8 Å². The fourth-order valence-electron chi connectivity index (χ4n) is 2.69. The van der Waals surface area contributed by atoms with Crippen molar-refractivity contribution in [2.45, 2.75) is 33.4 Å². The smallest absolute Gasteiger partial charge is 0.343 e. The minimum Gasteiger partial charge on any atom is -0.481 e. The van der Waals surface area contributed by atoms with Gasteiger partial charge in [-0.1, -0.05) is 42.5 Å². The summed E-state index contributed by atoms with van der Waals surface area (Å²) in [6.07, 6.45) is 0. The van der Waals surface area contributed by atoms with Crippen LogP contribution in [-0.2, 0) is 16.1 Å². The number of hydrogen-bond acceptors (Lipinski definition) is 4. The van der Waals surface area contributed by atoms with E-state index in [1.807, 2.05) is 19.9 Å². The third-order valence-corrected chi connectivity index (χ3v) is 3.99. The van der Waals surface area contributed by atoms with Crippen molar-refractivity contribution in [3.05, 3.63) is 64.7 Å². The Morgan fingerprint density at radius 2 is 1.75 bits per heavy atom. The van der Waals surface area contributed by atoms with Gasteiger partial charge in [-0.25, -0.2) is 4.79 Å². The van der Waals surface area contributed by atoms with E-state index in [1.54, 1.807) is 0 Å². The maximum absolute atomic E-state index is 11.2. The summed E-state index contributed by atoms with van der Waals surface area (Å²) in [5, 5.41) is 3.53. The highest BCUT2D eigenvalue weighted by molar-refractivity contribution is 5.71. The van der Waals surface area contributed by atoms with Crippen LogP contribution in [0.25, 0.3) is 0 Å². The minimum atomic E-state index is -0.378. The number of aryl methyl sites for hydroxylation is 2. The molecule has 0 aromatic heterocycles. The largest absolute Gasteiger partial charge is 0.481 e. The van der Waals surface area contributed by atoms with Gasteiger partial charge in [0.05, 0.1) is 7.11 Å². The molecule has 0 saturated heterocycles. The molecule has 4 heteroatoms. The van der Waals surface area contributed by atoms with Gasteiger partial charge in [0.1, 0.15) is 5.75 Å². The number of hydrogen-bond donors (Lipinski definition) is 1. The molecule has 0 aliphatic heterocycles. The number of benzene rings is 2. The molecule has 0 fully saturated rings. The number of esters is 1. The summed E-state index contributed by atoms with van der Waals surface area (Å²) in [5.41, 5.74) is 4.49. The van der Waals surface area contributed by atoms with E-state index in [2.05, 4.69) is 53.4 Å². The molecular weight excluding hydrogens is 302 g/mol. The molecule has 0 bridgehead atoms. The highest BCUT2D eigenvalue weighted by Gasteiger charge is 2.10. The van der Waals surface area contributed by atoms with Crippen LogP contribution in [0.1, 0.15) is 35.2 Å². The molecule has 24 heavy (non-hydrogen) atoms. The van der Waals surface area contributed by atoms with Crippen LogP contribution in [0.15, 0.2) is 42.5 Å². The lowest BCUT2D eigenvalue weighted by atomic mass is 10.0. The van der Waals surface area contributed by atoms with Crippen LogP contribution in [0.4, 0.5) is 0 Å². The zero-order chi connectivity index (χ0) is 17.5. The van der Waals surface area contributed by atoms with Gasteiger partial charge in [0.25, 0.3) is 0 Å². The quantitative estimate of drug-likeness (QED) is 0.788. The first-order chi connectivity index (χ1) is 11.5. The Balaban J connectivity index is 2.00. The van der Waals surface area contributed by atoms with Gasteiger partial charge in [-0.2, -0.15) is 0 Å². The maximum atomic E-state index is 11.2. The number of carbonyl (C=O) groups is 1. The third kappa shape index (κ3) is 4.83. The summed E-state index contributed by atoms with van der Waals surface area (Å²) < 4.78 is 10.2. The van der Waals surface area contributed by atoms with Gasteiger partial charge in [-0.3, -0.25) is 0 Å². The number of methoxy groups -OCH3 is 1. The molecule has 0 aliphatic rings. The zero-order valence-corrected chi connectivity index (χ0v) is 14.8. The molecule has 128 valence electrons. The van der Waals surface area contributed by atoms with Crippen molar-refractivity contribution in [3.8, 4) is 5.75 Å². The average molecular weight is 327 g/mol. The molecule has 1 unspecified atom stereocenters. The van der Waals surface area contributed by atoms with E-state index in [4.69, 9.17) is 4.74 Å². The molecule has 4 nitrogen and oxygen atoms in total. The topological polar surface area (TPSA) is 47.6 Å². The van der Waals surface area contributed by atoms with E-state index < -0.39 is 0 Å². The summed E-state index contributed by atoms with van der Waals surface area (Å²) in [6.45, 7) is 6.84. The molecule has 2 rings (SSSR count). The van der Waals surface area contributed by atoms with Crippen LogP contribution >= 0.6 is 0 Å². The molecule has 2 aromatic rings. The second-order valence-corrected chi connectivity index (χ2v) is 5.94. The van der Waals surface area contributed by atoms with Gasteiger partial charge in [-0.05, 0) is 43.0 Å². The van der Waals surface area contributed by atoms with Crippen molar-refractivity contribution in [1.82, 2.24) is 5.32 Å². The number of nitrogens with one attached hydrogen (secondary N) is 1. The van der Waals surface area contributed by atoms with Crippen LogP contribution in [0.2, 0.25) is 0 Å². The van der Waals surface area contributed by atoms with Crippen molar-refractivity contribution in [2.75, 3.05) is 13.7 Å². The van der Waals surface area contributed by atoms with Crippen molar-refractivity contribution >= 4 is 5.97 Å². The Labute approximate surface area is 143 Å². The van der Waals surface area contributed by atoms with Crippen molar-refractivity contribution in [1.29, 1.82) is 0 Å². The standard InChI is InChI=1S/C20H25NO3/c1-14-10-17(11-15(2)20(14)24-13-19(22)23-4)12-21-16(3)18-8-6-5-7-9-18/h5-11,16,21H,12-13H2,1-4H3. The first-order valence-corrected chi connectivity index (χ1v) is 8.09. The summed E-state index contributed by atoms with van der Waals surface area (Å²) in [4.78, 5) is 11.2. The van der Waals surface area contributed by atoms with Crippen molar-refractivity contribution in [2.24, 2.45) is 0 Å². The van der Waals surface area contributed by atoms with Crippen molar-refractivity contribution < 1.29 is 14.3 Å². The highest BCUT2D eigenvalue weighted by Crippen LogP contribution is 2.25. The third-order valence-electron chi connectivity index (χ3n) is 3.99. The Kier molecular flexibility index (Phi) is 6.38. The van der Waals surface area contributed by atoms with E-state index in [-0.39, 0.29) is 18.6 Å². The Bertz CT molecular complexity index is 660. The predicted molar refractivity (Wildman–Crippen MR) is 95.1 cm³/mol. The molecule has 0 spiro atoms. The summed E-state index contributed by atoms with van der Waals surface area (Å²) in [7, 11) is 1.36. The molecule has 0 aliphatic carbocycles. The van der Waals surface area contributed by atoms with Gasteiger partial charge in [-0.15, -0.1) is 0 Å². The molecule has 0 heterocycles. The molecule has 2 aromatic carbocycles. The molecular formula is C20H25NO3. The summed E-state index contributed by atoms with van der Waals surface area (Å²) >= 11 is 0. The highest BCUT2D eigenvalue weighted by atomic mass is 16.6. The fraction of sp³-hybridized carbons (Fsp3) is 0.350. The van der Waals surface area contributed by atoms with E-state index in [0.717, 1.165) is 23.4 Å². The lowest BCUT2D eigenvalue weighted by Gasteiger charge is -2.17. The predicted octanol–water partition coefficient (Wildman–Crippen LogP) is 3.71. The van der Waals surface area contributed by atoms with E-state index in [1.165, 1.54) is 18.2 Å². The van der Waals surface area contributed by atoms with E-state index in [0.29, 0.717) is 0 Å². The number of carbonyl (C=O) groups excluding carboxylic acids is 1. The Morgan fingerprint density at radius 1 is 1.12 bits per heavy atom. The van der Waals surface area contributed by atoms with Gasteiger partial charge >= 0.3 is 5.97 Å². The molecule has 0 amide bonds. The normalized spacial score (nSPS) is 11.8. The lowest BCUT2D eigenvalue weighted by Crippen LogP contribution is -2.18. The zero-order valence-electron chi connectivity index (χ0n) is 14.8. The average Bonchev–Trinajstić information content (AvgIpc) is 2.59. The minimum absolute atomic E-state index is 0.0686. The molecule has 0 radical (unpaired) electrons. The fourth-order valence-corrected chi connectivity index (χ4v) is 2.69. The van der Waals surface area contributed by atoms with Crippen LogP contribution < -0.4 is 10.1 Å². The van der Waals surface area contributed by atoms with Crippen molar-refractivity contribution in [3.63, 3.8) is 0 Å². The molecule has 1 atom stereocenters. The second kappa shape index (κ2) is 8.50. The second-order valence-electron chi connectivity index (χ2n) is 5.94. The first-order valence-electron chi connectivity index (χ1n) is 8.09. The monoisotopic (exact) mass is 327 g/mol. The van der Waals surface area contributed by atoms with Gasteiger partial charge in [0, 0.05) is 12.6 Å². The molecule has 0 saturated carbocycles. The number of rotatable bonds is 7. The van der Waals surface area contributed by atoms with E-state index in [9.17, 15) is 4.79 Å².